The Balaban J connectivity index is 1.59. The van der Waals surface area contributed by atoms with Gasteiger partial charge in [0.15, 0.2) is 5.78 Å². The van der Waals surface area contributed by atoms with Crippen LogP contribution in [0.25, 0.3) is 17.4 Å². The highest BCUT2D eigenvalue weighted by Crippen LogP contribution is 2.29. The Hall–Kier alpha value is -4.33. The minimum atomic E-state index is -0.468. The molecule has 2 heterocycles. The van der Waals surface area contributed by atoms with Crippen LogP contribution >= 0.6 is 0 Å². The van der Waals surface area contributed by atoms with E-state index >= 15 is 0 Å². The fourth-order valence-electron chi connectivity index (χ4n) is 3.20. The number of carbonyl (C=O) groups excluding carboxylic acids is 2. The molecule has 0 atom stereocenters. The third-order valence-corrected chi connectivity index (χ3v) is 4.84. The van der Waals surface area contributed by atoms with Crippen LogP contribution in [0.2, 0.25) is 0 Å². The van der Waals surface area contributed by atoms with Crippen molar-refractivity contribution in [3.8, 4) is 11.3 Å². The standard InChI is InChI=1S/C23H17N3O5/c1-14-21(23(28)25(24-14)18-8-6-16(7-9-18)15(2)27)13-20-10-11-22(31-20)17-4-3-5-19(12-17)26(29)30/h3-13H,1-2H3. The number of carbonyl (C=O) groups is 2. The minimum absolute atomic E-state index is 0.0332. The predicted octanol–water partition coefficient (Wildman–Crippen LogP) is 4.86. The lowest BCUT2D eigenvalue weighted by Crippen LogP contribution is -2.21. The molecule has 0 aliphatic carbocycles. The highest BCUT2D eigenvalue weighted by molar-refractivity contribution is 6.32. The average molecular weight is 415 g/mol. The largest absolute Gasteiger partial charge is 0.457 e. The van der Waals surface area contributed by atoms with Gasteiger partial charge >= 0.3 is 0 Å². The summed E-state index contributed by atoms with van der Waals surface area (Å²) >= 11 is 0. The van der Waals surface area contributed by atoms with E-state index in [2.05, 4.69) is 5.10 Å². The number of nitrogens with zero attached hydrogens (tertiary/aromatic N) is 3. The van der Waals surface area contributed by atoms with Crippen LogP contribution in [0.1, 0.15) is 30.0 Å². The molecule has 4 rings (SSSR count). The molecule has 8 heteroatoms. The first-order valence-corrected chi connectivity index (χ1v) is 9.41. The number of ketones is 1. The topological polar surface area (TPSA) is 106 Å². The van der Waals surface area contributed by atoms with Crippen molar-refractivity contribution in [1.82, 2.24) is 0 Å². The maximum atomic E-state index is 12.9. The average Bonchev–Trinajstić information content (AvgIpc) is 3.34. The Morgan fingerprint density at radius 3 is 2.55 bits per heavy atom. The number of hydrogen-bond donors (Lipinski definition) is 0. The van der Waals surface area contributed by atoms with Crippen molar-refractivity contribution < 1.29 is 18.9 Å². The van der Waals surface area contributed by atoms with Gasteiger partial charge in [-0.3, -0.25) is 19.7 Å². The molecule has 0 bridgehead atoms. The van der Waals surface area contributed by atoms with Gasteiger partial charge in [-0.15, -0.1) is 0 Å². The summed E-state index contributed by atoms with van der Waals surface area (Å²) in [5.41, 5.74) is 2.53. The summed E-state index contributed by atoms with van der Waals surface area (Å²) in [5.74, 6) is 0.499. The molecular formula is C23H17N3O5. The second-order valence-electron chi connectivity index (χ2n) is 6.97. The number of nitro groups is 1. The molecule has 2 aromatic carbocycles. The van der Waals surface area contributed by atoms with Crippen LogP contribution in [-0.2, 0) is 4.79 Å². The van der Waals surface area contributed by atoms with Gasteiger partial charge in [-0.1, -0.05) is 12.1 Å². The van der Waals surface area contributed by atoms with E-state index in [4.69, 9.17) is 4.42 Å². The van der Waals surface area contributed by atoms with Crippen molar-refractivity contribution in [2.75, 3.05) is 5.01 Å². The Morgan fingerprint density at radius 1 is 1.13 bits per heavy atom. The zero-order valence-electron chi connectivity index (χ0n) is 16.7. The number of hydrazone groups is 1. The third kappa shape index (κ3) is 3.91. The van der Waals surface area contributed by atoms with Crippen LogP contribution < -0.4 is 5.01 Å². The van der Waals surface area contributed by atoms with Crippen LogP contribution in [0.15, 0.2) is 75.8 Å². The SMILES string of the molecule is CC(=O)c1ccc(N2N=C(C)C(=Cc3ccc(-c4cccc([N+](=O)[O-])c4)o3)C2=O)cc1. The van der Waals surface area contributed by atoms with Gasteiger partial charge in [0.2, 0.25) is 0 Å². The Morgan fingerprint density at radius 2 is 1.87 bits per heavy atom. The molecular weight excluding hydrogens is 398 g/mol. The van der Waals surface area contributed by atoms with E-state index in [1.54, 1.807) is 61.5 Å². The van der Waals surface area contributed by atoms with Gasteiger partial charge in [0, 0.05) is 23.3 Å². The Labute approximate surface area is 177 Å². The molecule has 31 heavy (non-hydrogen) atoms. The number of furan rings is 1. The number of non-ortho nitro benzene ring substituents is 1. The minimum Gasteiger partial charge on any atom is -0.457 e. The monoisotopic (exact) mass is 415 g/mol. The summed E-state index contributed by atoms with van der Waals surface area (Å²) in [6.45, 7) is 3.20. The lowest BCUT2D eigenvalue weighted by molar-refractivity contribution is -0.384. The Bertz CT molecular complexity index is 1270. The first-order chi connectivity index (χ1) is 14.8. The molecule has 0 spiro atoms. The molecule has 8 nitrogen and oxygen atoms in total. The quantitative estimate of drug-likeness (QED) is 0.256. The van der Waals surface area contributed by atoms with Gasteiger partial charge in [0.1, 0.15) is 11.5 Å². The number of benzene rings is 2. The molecule has 3 aromatic rings. The molecule has 0 saturated heterocycles. The van der Waals surface area contributed by atoms with Gasteiger partial charge in [-0.2, -0.15) is 10.1 Å². The van der Waals surface area contributed by atoms with Crippen LogP contribution in [0.3, 0.4) is 0 Å². The molecule has 0 saturated carbocycles. The molecule has 1 amide bonds. The Kier molecular flexibility index (Phi) is 5.04. The van der Waals surface area contributed by atoms with Crippen molar-refractivity contribution in [2.45, 2.75) is 13.8 Å². The number of Topliss-reactive ketones (excluding diaryl/α,β-unsaturated/α-hetero) is 1. The van der Waals surface area contributed by atoms with Gasteiger partial charge in [-0.25, -0.2) is 0 Å². The highest BCUT2D eigenvalue weighted by atomic mass is 16.6. The third-order valence-electron chi connectivity index (χ3n) is 4.84. The summed E-state index contributed by atoms with van der Waals surface area (Å²) in [6.07, 6.45) is 1.59. The lowest BCUT2D eigenvalue weighted by atomic mass is 10.1. The summed E-state index contributed by atoms with van der Waals surface area (Å²) in [4.78, 5) is 34.9. The van der Waals surface area contributed by atoms with Crippen molar-refractivity contribution >= 4 is 34.9 Å². The first kappa shape index (κ1) is 20.0. The van der Waals surface area contributed by atoms with E-state index in [9.17, 15) is 19.7 Å². The van der Waals surface area contributed by atoms with Crippen LogP contribution in [0, 0.1) is 10.1 Å². The zero-order chi connectivity index (χ0) is 22.1. The van der Waals surface area contributed by atoms with Gasteiger partial charge in [-0.05, 0) is 56.3 Å². The second-order valence-corrected chi connectivity index (χ2v) is 6.97. The maximum Gasteiger partial charge on any atom is 0.280 e. The fourth-order valence-corrected chi connectivity index (χ4v) is 3.20. The van der Waals surface area contributed by atoms with E-state index in [1.807, 2.05) is 0 Å². The van der Waals surface area contributed by atoms with E-state index in [-0.39, 0.29) is 17.4 Å². The fraction of sp³-hybridized carbons (Fsp3) is 0.0870. The van der Waals surface area contributed by atoms with Crippen molar-refractivity contribution in [2.24, 2.45) is 5.10 Å². The highest BCUT2D eigenvalue weighted by Gasteiger charge is 2.29. The summed E-state index contributed by atoms with van der Waals surface area (Å²) < 4.78 is 5.78. The molecule has 0 N–H and O–H groups in total. The smallest absolute Gasteiger partial charge is 0.280 e. The summed E-state index contributed by atoms with van der Waals surface area (Å²) in [6, 6.07) is 16.1. The summed E-state index contributed by atoms with van der Waals surface area (Å²) in [7, 11) is 0. The first-order valence-electron chi connectivity index (χ1n) is 9.41. The molecule has 0 fully saturated rings. The van der Waals surface area contributed by atoms with Gasteiger partial charge < -0.3 is 4.42 Å². The molecule has 1 aliphatic rings. The number of amides is 1. The molecule has 1 aromatic heterocycles. The van der Waals surface area contributed by atoms with E-state index in [0.29, 0.717) is 39.6 Å². The van der Waals surface area contributed by atoms with Crippen LogP contribution in [-0.4, -0.2) is 22.3 Å². The number of nitro benzene ring substituents is 1. The molecule has 0 unspecified atom stereocenters. The second kappa shape index (κ2) is 7.83. The van der Waals surface area contributed by atoms with Gasteiger partial charge in [0.05, 0.1) is 21.9 Å². The van der Waals surface area contributed by atoms with E-state index in [0.717, 1.165) is 0 Å². The number of rotatable bonds is 5. The van der Waals surface area contributed by atoms with Crippen LogP contribution in [0.4, 0.5) is 11.4 Å². The number of anilines is 1. The maximum absolute atomic E-state index is 12.9. The molecule has 0 radical (unpaired) electrons. The zero-order valence-corrected chi connectivity index (χ0v) is 16.7. The molecule has 154 valence electrons. The van der Waals surface area contributed by atoms with Crippen molar-refractivity contribution in [3.05, 3.63) is 87.7 Å². The van der Waals surface area contributed by atoms with Crippen molar-refractivity contribution in [3.63, 3.8) is 0 Å². The van der Waals surface area contributed by atoms with E-state index < -0.39 is 4.92 Å². The lowest BCUT2D eigenvalue weighted by Gasteiger charge is -2.11. The van der Waals surface area contributed by atoms with Gasteiger partial charge in [0.25, 0.3) is 11.6 Å². The predicted molar refractivity (Wildman–Crippen MR) is 116 cm³/mol. The normalized spacial score (nSPS) is 14.8. The van der Waals surface area contributed by atoms with Crippen molar-refractivity contribution in [1.29, 1.82) is 0 Å². The van der Waals surface area contributed by atoms with Crippen LogP contribution in [0.5, 0.6) is 0 Å². The molecule has 1 aliphatic heterocycles. The van der Waals surface area contributed by atoms with E-state index in [1.165, 1.54) is 24.1 Å². The number of hydrogen-bond acceptors (Lipinski definition) is 6. The summed E-state index contributed by atoms with van der Waals surface area (Å²) in [5, 5.41) is 16.6.